The summed E-state index contributed by atoms with van der Waals surface area (Å²) < 4.78 is 0. The Bertz CT molecular complexity index is 863. The highest BCUT2D eigenvalue weighted by Crippen LogP contribution is 2.47. The van der Waals surface area contributed by atoms with Crippen molar-refractivity contribution in [3.05, 3.63) is 45.9 Å². The summed E-state index contributed by atoms with van der Waals surface area (Å²) in [4.78, 5) is 51.9. The fourth-order valence-electron chi connectivity index (χ4n) is 3.36. The predicted octanol–water partition coefficient (Wildman–Crippen LogP) is 0.316. The third-order valence-electron chi connectivity index (χ3n) is 4.46. The highest BCUT2D eigenvalue weighted by molar-refractivity contribution is 8.04. The number of thioether (sulfide) groups is 1. The van der Waals surface area contributed by atoms with Gasteiger partial charge in [0.1, 0.15) is 0 Å². The van der Waals surface area contributed by atoms with Crippen LogP contribution in [0.4, 0.5) is 4.79 Å². The predicted molar refractivity (Wildman–Crippen MR) is 86.6 cm³/mol. The molecule has 2 heterocycles. The van der Waals surface area contributed by atoms with Crippen LogP contribution in [-0.2, 0) is 4.79 Å². The van der Waals surface area contributed by atoms with Crippen molar-refractivity contribution in [2.75, 3.05) is 18.8 Å². The summed E-state index contributed by atoms with van der Waals surface area (Å²) in [5.41, 5.74) is 4.68. The van der Waals surface area contributed by atoms with E-state index in [1.165, 1.54) is 0 Å². The Morgan fingerprint density at radius 3 is 2.46 bits per heavy atom. The van der Waals surface area contributed by atoms with Crippen LogP contribution in [0.1, 0.15) is 20.7 Å². The summed E-state index contributed by atoms with van der Waals surface area (Å²) in [6, 6.07) is 5.94. The number of allylic oxidation sites excluding steroid dienone is 1. The lowest BCUT2D eigenvalue weighted by molar-refractivity contribution is -0.129. The first-order valence-electron chi connectivity index (χ1n) is 7.41. The molecule has 3 N–H and O–H groups in total. The van der Waals surface area contributed by atoms with Crippen LogP contribution in [0.3, 0.4) is 0 Å². The van der Waals surface area contributed by atoms with Crippen LogP contribution in [0.5, 0.6) is 0 Å². The third-order valence-corrected chi connectivity index (χ3v) is 5.72. The summed E-state index contributed by atoms with van der Waals surface area (Å²) in [6.45, 7) is 0.197. The molecule has 0 aromatic heterocycles. The third kappa shape index (κ3) is 1.72. The van der Waals surface area contributed by atoms with Gasteiger partial charge in [-0.1, -0.05) is 24.3 Å². The van der Waals surface area contributed by atoms with Gasteiger partial charge in [0, 0.05) is 30.0 Å². The Balaban J connectivity index is 1.86. The minimum atomic E-state index is -1.47. The van der Waals surface area contributed by atoms with E-state index in [9.17, 15) is 19.2 Å². The number of Topliss-reactive ketones (excluding diaryl/α,β-unsaturated/α-hetero) is 2. The molecule has 0 radical (unpaired) electrons. The van der Waals surface area contributed by atoms with Crippen molar-refractivity contribution in [2.24, 2.45) is 5.73 Å². The lowest BCUT2D eigenvalue weighted by atomic mass is 9.79. The van der Waals surface area contributed by atoms with Crippen LogP contribution < -0.4 is 11.1 Å². The molecule has 1 saturated heterocycles. The highest BCUT2D eigenvalue weighted by atomic mass is 32.2. The number of urea groups is 1. The van der Waals surface area contributed by atoms with Gasteiger partial charge in [-0.15, -0.1) is 11.8 Å². The quantitative estimate of drug-likeness (QED) is 0.748. The van der Waals surface area contributed by atoms with E-state index in [-0.39, 0.29) is 46.5 Å². The molecule has 3 aliphatic rings. The summed E-state index contributed by atoms with van der Waals surface area (Å²) in [7, 11) is 0. The standard InChI is InChI=1S/C16H13N3O4S/c17-5-6-19-14(22)16(18-15(19)23)7-24-13-10(16)11(20)8-3-1-2-4-9(8)12(13)21/h1-4H,5-7,17H2,(H,18,23). The van der Waals surface area contributed by atoms with Gasteiger partial charge in [0.25, 0.3) is 5.91 Å². The summed E-state index contributed by atoms with van der Waals surface area (Å²) >= 11 is 1.14. The molecule has 0 bridgehead atoms. The zero-order valence-corrected chi connectivity index (χ0v) is 13.3. The molecule has 1 aliphatic carbocycles. The van der Waals surface area contributed by atoms with Gasteiger partial charge in [0.15, 0.2) is 11.3 Å². The van der Waals surface area contributed by atoms with Gasteiger partial charge < -0.3 is 11.1 Å². The van der Waals surface area contributed by atoms with Gasteiger partial charge in [-0.3, -0.25) is 19.3 Å². The fraction of sp³-hybridized carbons (Fsp3) is 0.250. The van der Waals surface area contributed by atoms with Crippen molar-refractivity contribution in [1.29, 1.82) is 0 Å². The summed E-state index contributed by atoms with van der Waals surface area (Å²) in [5, 5.41) is 2.63. The minimum absolute atomic E-state index is 0.0679. The Hall–Kier alpha value is -2.45. The summed E-state index contributed by atoms with van der Waals surface area (Å²) in [5.74, 6) is -1.04. The second kappa shape index (κ2) is 5.02. The van der Waals surface area contributed by atoms with Gasteiger partial charge in [-0.25, -0.2) is 4.79 Å². The van der Waals surface area contributed by atoms with E-state index in [2.05, 4.69) is 5.32 Å². The maximum Gasteiger partial charge on any atom is 0.325 e. The number of fused-ring (bicyclic) bond motifs is 2. The number of nitrogens with one attached hydrogen (secondary N) is 1. The second-order valence-electron chi connectivity index (χ2n) is 5.78. The number of nitrogens with zero attached hydrogens (tertiary/aromatic N) is 1. The Labute approximate surface area is 141 Å². The van der Waals surface area contributed by atoms with Crippen molar-refractivity contribution in [3.63, 3.8) is 0 Å². The number of hydrogen-bond acceptors (Lipinski definition) is 6. The Morgan fingerprint density at radius 1 is 1.12 bits per heavy atom. The zero-order chi connectivity index (χ0) is 17.1. The van der Waals surface area contributed by atoms with Crippen molar-refractivity contribution in [2.45, 2.75) is 5.54 Å². The number of amides is 3. The molecule has 0 saturated carbocycles. The number of nitrogens with two attached hydrogens (primary N) is 1. The molecule has 1 aromatic rings. The monoisotopic (exact) mass is 343 g/mol. The Morgan fingerprint density at radius 2 is 1.79 bits per heavy atom. The van der Waals surface area contributed by atoms with Crippen LogP contribution in [0, 0.1) is 0 Å². The fourth-order valence-corrected chi connectivity index (χ4v) is 4.71. The van der Waals surface area contributed by atoms with Gasteiger partial charge in [-0.05, 0) is 0 Å². The number of carbonyl (C=O) groups excluding carboxylic acids is 4. The van der Waals surface area contributed by atoms with Crippen LogP contribution in [0.15, 0.2) is 34.7 Å². The molecule has 24 heavy (non-hydrogen) atoms. The van der Waals surface area contributed by atoms with E-state index in [1.54, 1.807) is 24.3 Å². The van der Waals surface area contributed by atoms with Gasteiger partial charge >= 0.3 is 6.03 Å². The van der Waals surface area contributed by atoms with Crippen LogP contribution in [0.2, 0.25) is 0 Å². The normalized spacial score (nSPS) is 25.5. The van der Waals surface area contributed by atoms with Gasteiger partial charge in [0.05, 0.1) is 10.5 Å². The van der Waals surface area contributed by atoms with E-state index in [4.69, 9.17) is 5.73 Å². The number of ketones is 2. The van der Waals surface area contributed by atoms with Crippen LogP contribution in [0.25, 0.3) is 0 Å². The van der Waals surface area contributed by atoms with Gasteiger partial charge in [0.2, 0.25) is 5.78 Å². The Kier molecular flexibility index (Phi) is 3.16. The SMILES string of the molecule is NCCN1C(=O)NC2(CSC3=C2C(=O)c2ccccc2C3=O)C1=O. The zero-order valence-electron chi connectivity index (χ0n) is 12.5. The molecule has 1 atom stereocenters. The molecule has 122 valence electrons. The second-order valence-corrected chi connectivity index (χ2v) is 6.76. The smallest absolute Gasteiger partial charge is 0.325 e. The number of carbonyl (C=O) groups is 4. The highest BCUT2D eigenvalue weighted by Gasteiger charge is 2.60. The van der Waals surface area contributed by atoms with Crippen LogP contribution in [-0.4, -0.2) is 52.8 Å². The van der Waals surface area contributed by atoms with Crippen LogP contribution >= 0.6 is 11.8 Å². The molecule has 8 heteroatoms. The first kappa shape index (κ1) is 15.1. The first-order valence-corrected chi connectivity index (χ1v) is 8.40. The average Bonchev–Trinajstić information content (AvgIpc) is 3.07. The summed E-state index contributed by atoms with van der Waals surface area (Å²) in [6.07, 6.45) is 0. The lowest BCUT2D eigenvalue weighted by Crippen LogP contribution is -2.52. The van der Waals surface area contributed by atoms with E-state index in [0.29, 0.717) is 5.56 Å². The number of imide groups is 1. The van der Waals surface area contributed by atoms with E-state index in [0.717, 1.165) is 16.7 Å². The average molecular weight is 343 g/mol. The number of rotatable bonds is 2. The topological polar surface area (TPSA) is 110 Å². The number of benzene rings is 1. The maximum absolute atomic E-state index is 13.0. The largest absolute Gasteiger partial charge is 0.329 e. The molecule has 4 rings (SSSR count). The van der Waals surface area contributed by atoms with Gasteiger partial charge in [-0.2, -0.15) is 0 Å². The van der Waals surface area contributed by atoms with Crippen molar-refractivity contribution >= 4 is 35.3 Å². The molecule has 1 fully saturated rings. The molecule has 1 spiro atoms. The van der Waals surface area contributed by atoms with Crippen molar-refractivity contribution < 1.29 is 19.2 Å². The molecule has 3 amide bonds. The molecule has 7 nitrogen and oxygen atoms in total. The number of hydrogen-bond donors (Lipinski definition) is 2. The molecule has 2 aliphatic heterocycles. The van der Waals surface area contributed by atoms with Crippen molar-refractivity contribution in [1.82, 2.24) is 10.2 Å². The van der Waals surface area contributed by atoms with E-state index in [1.807, 2.05) is 0 Å². The first-order chi connectivity index (χ1) is 11.5. The molecule has 1 unspecified atom stereocenters. The maximum atomic E-state index is 13.0. The molecule has 1 aromatic carbocycles. The van der Waals surface area contributed by atoms with E-state index < -0.39 is 17.5 Å². The van der Waals surface area contributed by atoms with Crippen molar-refractivity contribution in [3.8, 4) is 0 Å². The minimum Gasteiger partial charge on any atom is -0.329 e. The van der Waals surface area contributed by atoms with E-state index >= 15 is 0 Å². The molecular weight excluding hydrogens is 330 g/mol. The molecular formula is C16H13N3O4S. The lowest BCUT2D eigenvalue weighted by Gasteiger charge is -2.25.